The Hall–Kier alpha value is -1.02. The highest BCUT2D eigenvalue weighted by atomic mass is 35.5. The van der Waals surface area contributed by atoms with E-state index in [0.29, 0.717) is 23.8 Å². The minimum absolute atomic E-state index is 0.281. The van der Waals surface area contributed by atoms with Crippen molar-refractivity contribution in [1.29, 1.82) is 0 Å². The van der Waals surface area contributed by atoms with Crippen molar-refractivity contribution in [2.75, 3.05) is 7.11 Å². The lowest BCUT2D eigenvalue weighted by Gasteiger charge is -2.08. The van der Waals surface area contributed by atoms with Gasteiger partial charge in [0.15, 0.2) is 0 Å². The number of ether oxygens (including phenoxy) is 1. The third-order valence-corrected chi connectivity index (χ3v) is 3.08. The van der Waals surface area contributed by atoms with Gasteiger partial charge in [0.05, 0.1) is 7.11 Å². The Bertz CT molecular complexity index is 397. The van der Waals surface area contributed by atoms with Crippen molar-refractivity contribution in [2.24, 2.45) is 5.92 Å². The average molecular weight is 239 g/mol. The molecular weight excluding hydrogens is 224 g/mol. The smallest absolute Gasteiger partial charge is 0.137 e. The molecule has 1 saturated carbocycles. The molecule has 0 unspecified atom stereocenters. The third-order valence-electron chi connectivity index (χ3n) is 2.84. The molecule has 0 heterocycles. The summed E-state index contributed by atoms with van der Waals surface area (Å²) in [7, 11) is 1.61. The van der Waals surface area contributed by atoms with Crippen LogP contribution in [0.1, 0.15) is 24.8 Å². The van der Waals surface area contributed by atoms with E-state index in [1.54, 1.807) is 13.2 Å². The second-order valence-corrected chi connectivity index (χ2v) is 4.76. The van der Waals surface area contributed by atoms with Crippen LogP contribution in [0.15, 0.2) is 18.2 Å². The van der Waals surface area contributed by atoms with E-state index in [4.69, 9.17) is 16.3 Å². The Balaban J connectivity index is 2.05. The van der Waals surface area contributed by atoms with Crippen LogP contribution in [0.3, 0.4) is 0 Å². The molecule has 0 aromatic heterocycles. The largest absolute Gasteiger partial charge is 0.496 e. The number of carbonyl (C=O) groups excluding carboxylic acids is 1. The number of halogens is 1. The molecule has 1 fully saturated rings. The highest BCUT2D eigenvalue weighted by Gasteiger charge is 2.24. The van der Waals surface area contributed by atoms with Crippen LogP contribution in [0.5, 0.6) is 5.75 Å². The summed E-state index contributed by atoms with van der Waals surface area (Å²) in [6, 6.07) is 5.39. The molecule has 0 amide bonds. The number of hydrogen-bond donors (Lipinski definition) is 0. The van der Waals surface area contributed by atoms with Crippen LogP contribution in [0.4, 0.5) is 0 Å². The van der Waals surface area contributed by atoms with E-state index in [0.717, 1.165) is 11.3 Å². The molecule has 1 aromatic rings. The van der Waals surface area contributed by atoms with Crippen molar-refractivity contribution in [3.63, 3.8) is 0 Å². The summed E-state index contributed by atoms with van der Waals surface area (Å²) < 4.78 is 5.21. The Morgan fingerprint density at radius 3 is 2.88 bits per heavy atom. The molecule has 0 spiro atoms. The fraction of sp³-hybridized carbons (Fsp3) is 0.462. The van der Waals surface area contributed by atoms with Crippen molar-refractivity contribution >= 4 is 17.4 Å². The second-order valence-electron chi connectivity index (χ2n) is 4.32. The summed E-state index contributed by atoms with van der Waals surface area (Å²) in [5, 5.41) is 0.648. The third kappa shape index (κ3) is 2.99. The number of benzene rings is 1. The molecular formula is C13H15ClO2. The lowest BCUT2D eigenvalue weighted by molar-refractivity contribution is -0.118. The zero-order valence-electron chi connectivity index (χ0n) is 9.33. The van der Waals surface area contributed by atoms with Gasteiger partial charge in [-0.1, -0.05) is 11.6 Å². The molecule has 2 rings (SSSR count). The fourth-order valence-corrected chi connectivity index (χ4v) is 2.01. The summed E-state index contributed by atoms with van der Waals surface area (Å²) in [5.74, 6) is 1.66. The molecule has 0 atom stereocenters. The zero-order valence-corrected chi connectivity index (χ0v) is 10.1. The Labute approximate surface area is 101 Å². The van der Waals surface area contributed by atoms with Gasteiger partial charge in [0.1, 0.15) is 11.5 Å². The van der Waals surface area contributed by atoms with Crippen LogP contribution in [0.25, 0.3) is 0 Å². The van der Waals surface area contributed by atoms with Crippen molar-refractivity contribution in [2.45, 2.75) is 25.7 Å². The van der Waals surface area contributed by atoms with Gasteiger partial charge >= 0.3 is 0 Å². The molecule has 3 heteroatoms. The summed E-state index contributed by atoms with van der Waals surface area (Å²) in [4.78, 5) is 11.7. The van der Waals surface area contributed by atoms with Gasteiger partial charge in [0.25, 0.3) is 0 Å². The van der Waals surface area contributed by atoms with E-state index in [9.17, 15) is 4.79 Å². The molecule has 0 saturated heterocycles. The molecule has 0 N–H and O–H groups in total. The fourth-order valence-electron chi connectivity index (χ4n) is 1.81. The molecule has 2 nitrogen and oxygen atoms in total. The highest BCUT2D eigenvalue weighted by molar-refractivity contribution is 6.30. The molecule has 0 radical (unpaired) electrons. The topological polar surface area (TPSA) is 26.3 Å². The van der Waals surface area contributed by atoms with Crippen LogP contribution >= 0.6 is 11.6 Å². The normalized spacial score (nSPS) is 14.9. The minimum Gasteiger partial charge on any atom is -0.496 e. The van der Waals surface area contributed by atoms with Gasteiger partial charge in [0.2, 0.25) is 0 Å². The molecule has 1 aliphatic carbocycles. The number of carbonyl (C=O) groups is 1. The van der Waals surface area contributed by atoms with Gasteiger partial charge < -0.3 is 4.74 Å². The first-order valence-corrected chi connectivity index (χ1v) is 5.91. The first-order valence-electron chi connectivity index (χ1n) is 5.53. The van der Waals surface area contributed by atoms with Crippen molar-refractivity contribution in [3.8, 4) is 5.75 Å². The first kappa shape index (κ1) is 11.5. The predicted molar refractivity (Wildman–Crippen MR) is 64.1 cm³/mol. The molecule has 16 heavy (non-hydrogen) atoms. The lowest BCUT2D eigenvalue weighted by atomic mass is 10.0. The number of methoxy groups -OCH3 is 1. The van der Waals surface area contributed by atoms with E-state index < -0.39 is 0 Å². The van der Waals surface area contributed by atoms with Gasteiger partial charge in [-0.25, -0.2) is 0 Å². The molecule has 0 bridgehead atoms. The molecule has 1 aromatic carbocycles. The van der Waals surface area contributed by atoms with Crippen LogP contribution in [-0.2, 0) is 11.2 Å². The monoisotopic (exact) mass is 238 g/mol. The summed E-state index contributed by atoms with van der Waals surface area (Å²) in [6.07, 6.45) is 3.55. The number of rotatable bonds is 5. The van der Waals surface area contributed by atoms with Crippen LogP contribution in [0.2, 0.25) is 5.02 Å². The van der Waals surface area contributed by atoms with Crippen molar-refractivity contribution in [1.82, 2.24) is 0 Å². The summed E-state index contributed by atoms with van der Waals surface area (Å²) in [5.41, 5.74) is 0.889. The Morgan fingerprint density at radius 1 is 1.50 bits per heavy atom. The van der Waals surface area contributed by atoms with E-state index in [1.807, 2.05) is 12.1 Å². The standard InChI is InChI=1S/C13H15ClO2/c1-16-13-5-4-11(14)7-10(13)8-12(15)6-9-2-3-9/h4-5,7,9H,2-3,6,8H2,1H3. The van der Waals surface area contributed by atoms with Crippen LogP contribution in [0, 0.1) is 5.92 Å². The van der Waals surface area contributed by atoms with Crippen molar-refractivity contribution < 1.29 is 9.53 Å². The maximum atomic E-state index is 11.7. The maximum Gasteiger partial charge on any atom is 0.137 e. The molecule has 86 valence electrons. The van der Waals surface area contributed by atoms with Crippen molar-refractivity contribution in [3.05, 3.63) is 28.8 Å². The van der Waals surface area contributed by atoms with Crippen LogP contribution < -0.4 is 4.74 Å². The van der Waals surface area contributed by atoms with Gasteiger partial charge in [-0.05, 0) is 37.0 Å². The Morgan fingerprint density at radius 2 is 2.25 bits per heavy atom. The zero-order chi connectivity index (χ0) is 11.5. The highest BCUT2D eigenvalue weighted by Crippen LogP contribution is 2.33. The van der Waals surface area contributed by atoms with E-state index in [-0.39, 0.29) is 5.78 Å². The van der Waals surface area contributed by atoms with E-state index in [2.05, 4.69) is 0 Å². The maximum absolute atomic E-state index is 11.7. The van der Waals surface area contributed by atoms with Gasteiger partial charge in [-0.15, -0.1) is 0 Å². The first-order chi connectivity index (χ1) is 7.69. The van der Waals surface area contributed by atoms with E-state index in [1.165, 1.54) is 12.8 Å². The number of ketones is 1. The second kappa shape index (κ2) is 4.88. The lowest BCUT2D eigenvalue weighted by Crippen LogP contribution is -2.05. The average Bonchev–Trinajstić information content (AvgIpc) is 3.02. The number of hydrogen-bond acceptors (Lipinski definition) is 2. The van der Waals surface area contributed by atoms with Gasteiger partial charge in [-0.3, -0.25) is 4.79 Å². The molecule has 0 aliphatic heterocycles. The SMILES string of the molecule is COc1ccc(Cl)cc1CC(=O)CC1CC1. The molecule has 1 aliphatic rings. The minimum atomic E-state index is 0.281. The van der Waals surface area contributed by atoms with Crippen LogP contribution in [-0.4, -0.2) is 12.9 Å². The summed E-state index contributed by atoms with van der Waals surface area (Å²) >= 11 is 5.91. The Kier molecular flexibility index (Phi) is 3.49. The van der Waals surface area contributed by atoms with E-state index >= 15 is 0 Å². The predicted octanol–water partition coefficient (Wildman–Crippen LogP) is 3.26. The summed E-state index contributed by atoms with van der Waals surface area (Å²) in [6.45, 7) is 0. The van der Waals surface area contributed by atoms with Gasteiger partial charge in [-0.2, -0.15) is 0 Å². The van der Waals surface area contributed by atoms with Gasteiger partial charge in [0, 0.05) is 23.4 Å². The quantitative estimate of drug-likeness (QED) is 0.787. The number of Topliss-reactive ketones (excluding diaryl/α,β-unsaturated/α-hetero) is 1.